The Kier molecular flexibility index (Phi) is 6.34. The van der Waals surface area contributed by atoms with Gasteiger partial charge in [0, 0.05) is 30.7 Å². The molecule has 1 heterocycles. The number of aromatic amines is 1. The van der Waals surface area contributed by atoms with Crippen molar-refractivity contribution in [2.24, 2.45) is 0 Å². The third kappa shape index (κ3) is 4.55. The summed E-state index contributed by atoms with van der Waals surface area (Å²) in [6, 6.07) is 11.1. The van der Waals surface area contributed by atoms with Gasteiger partial charge in [0.1, 0.15) is 6.07 Å². The first kappa shape index (κ1) is 22.3. The molecule has 0 fully saturated rings. The van der Waals surface area contributed by atoms with E-state index in [1.165, 1.54) is 29.2 Å². The number of likely N-dealkylation sites (N-methyl/N-ethyl adjacent to an activating group) is 1. The number of sulfonamides is 1. The number of aliphatic hydroxyl groups is 1. The van der Waals surface area contributed by atoms with E-state index in [0.717, 1.165) is 5.56 Å². The van der Waals surface area contributed by atoms with Gasteiger partial charge < -0.3 is 15.0 Å². The molecule has 3 rings (SSSR count). The van der Waals surface area contributed by atoms with Crippen molar-refractivity contribution in [2.75, 3.05) is 18.3 Å². The van der Waals surface area contributed by atoms with E-state index in [9.17, 15) is 23.6 Å². The number of carbonyl (C=O) groups excluding carboxylic acids is 1. The van der Waals surface area contributed by atoms with E-state index < -0.39 is 16.1 Å². The lowest BCUT2D eigenvalue weighted by Crippen LogP contribution is -2.34. The lowest BCUT2D eigenvalue weighted by atomic mass is 10.1. The highest BCUT2D eigenvalue weighted by atomic mass is 32.2. The third-order valence-corrected chi connectivity index (χ3v) is 6.50. The van der Waals surface area contributed by atoms with Crippen molar-refractivity contribution in [1.29, 1.82) is 5.26 Å². The smallest absolute Gasteiger partial charge is 0.261 e. The molecule has 9 heteroatoms. The van der Waals surface area contributed by atoms with Crippen molar-refractivity contribution in [3.63, 3.8) is 0 Å². The second kappa shape index (κ2) is 8.79. The van der Waals surface area contributed by atoms with Gasteiger partial charge in [0.05, 0.1) is 27.8 Å². The van der Waals surface area contributed by atoms with Crippen molar-refractivity contribution in [2.45, 2.75) is 31.3 Å². The lowest BCUT2D eigenvalue weighted by Gasteiger charge is -2.20. The number of hydrogen-bond donors (Lipinski definition) is 3. The Labute approximate surface area is 181 Å². The van der Waals surface area contributed by atoms with Crippen LogP contribution in [0.1, 0.15) is 34.8 Å². The zero-order valence-electron chi connectivity index (χ0n) is 17.5. The van der Waals surface area contributed by atoms with Gasteiger partial charge in [0.25, 0.3) is 15.9 Å². The number of nitrogens with one attached hydrogen (secondary N) is 2. The summed E-state index contributed by atoms with van der Waals surface area (Å²) in [5, 5.41) is 19.7. The summed E-state index contributed by atoms with van der Waals surface area (Å²) in [7, 11) is -2.33. The summed E-state index contributed by atoms with van der Waals surface area (Å²) in [4.78, 5) is 16.8. The molecule has 0 saturated carbocycles. The number of nitrogens with zero attached hydrogens (tertiary/aromatic N) is 2. The molecule has 0 aliphatic heterocycles. The fraction of sp³-hybridized carbons (Fsp3) is 0.273. The summed E-state index contributed by atoms with van der Waals surface area (Å²) in [6.07, 6.45) is 1.46. The van der Waals surface area contributed by atoms with Crippen molar-refractivity contribution >= 4 is 32.5 Å². The Morgan fingerprint density at radius 3 is 2.55 bits per heavy atom. The Balaban J connectivity index is 1.85. The lowest BCUT2D eigenvalue weighted by molar-refractivity contribution is 0.0676. The fourth-order valence-electron chi connectivity index (χ4n) is 3.32. The molecule has 0 aliphatic rings. The number of nitriles is 1. The molecule has 2 aromatic carbocycles. The van der Waals surface area contributed by atoms with E-state index in [4.69, 9.17) is 0 Å². The number of rotatable bonds is 7. The highest BCUT2D eigenvalue weighted by molar-refractivity contribution is 7.92. The van der Waals surface area contributed by atoms with E-state index in [-0.39, 0.29) is 17.3 Å². The van der Waals surface area contributed by atoms with Crippen molar-refractivity contribution in [1.82, 2.24) is 9.88 Å². The first-order chi connectivity index (χ1) is 14.7. The van der Waals surface area contributed by atoms with Crippen LogP contribution in [0.25, 0.3) is 10.9 Å². The number of benzene rings is 2. The topological polar surface area (TPSA) is 126 Å². The van der Waals surface area contributed by atoms with Crippen LogP contribution in [-0.4, -0.2) is 49.0 Å². The Hall–Kier alpha value is -3.35. The zero-order valence-corrected chi connectivity index (χ0v) is 18.3. The molecule has 0 radical (unpaired) electrons. The number of hydrogen-bond acceptors (Lipinski definition) is 5. The zero-order chi connectivity index (χ0) is 22.8. The molecular formula is C22H24N4O4S. The first-order valence-corrected chi connectivity index (χ1v) is 11.2. The van der Waals surface area contributed by atoms with E-state index in [2.05, 4.69) is 15.8 Å². The van der Waals surface area contributed by atoms with Gasteiger partial charge >= 0.3 is 0 Å². The minimum absolute atomic E-state index is 0.00100. The molecule has 0 spiro atoms. The van der Waals surface area contributed by atoms with Gasteiger partial charge in [-0.1, -0.05) is 13.0 Å². The van der Waals surface area contributed by atoms with Crippen LogP contribution in [0.3, 0.4) is 0 Å². The summed E-state index contributed by atoms with van der Waals surface area (Å²) < 4.78 is 28.3. The highest BCUT2D eigenvalue weighted by Gasteiger charge is 2.20. The van der Waals surface area contributed by atoms with Gasteiger partial charge in [-0.05, 0) is 49.2 Å². The molecule has 162 valence electrons. The maximum absolute atomic E-state index is 12.9. The van der Waals surface area contributed by atoms with Gasteiger partial charge in [0.2, 0.25) is 0 Å². The fourth-order valence-corrected chi connectivity index (χ4v) is 4.39. The molecule has 0 aliphatic carbocycles. The average Bonchev–Trinajstić information content (AvgIpc) is 3.20. The largest absolute Gasteiger partial charge is 0.391 e. The molecule has 31 heavy (non-hydrogen) atoms. The summed E-state index contributed by atoms with van der Waals surface area (Å²) in [5.41, 5.74) is 2.48. The number of H-pyrrole nitrogens is 1. The number of aromatic nitrogens is 1. The third-order valence-electron chi connectivity index (χ3n) is 5.12. The molecule has 8 nitrogen and oxygen atoms in total. The second-order valence-corrected chi connectivity index (χ2v) is 9.05. The second-order valence-electron chi connectivity index (χ2n) is 7.37. The van der Waals surface area contributed by atoms with Crippen LogP contribution in [0, 0.1) is 18.3 Å². The molecule has 1 aromatic heterocycles. The molecule has 1 amide bonds. The standard InChI is InChI=1S/C22H24N4O4S/c1-4-17(27)13-26(3)22(28)15-6-8-18(9-7-15)31(29,30)25-19-10-5-14(2)20-16(11-23)12-24-21(19)20/h5-10,12,17,24-25,27H,4,13H2,1-3H3/t17-/m1/s1. The highest BCUT2D eigenvalue weighted by Crippen LogP contribution is 2.30. The average molecular weight is 441 g/mol. The molecule has 3 N–H and O–H groups in total. The summed E-state index contributed by atoms with van der Waals surface area (Å²) in [5.74, 6) is -0.305. The van der Waals surface area contributed by atoms with Gasteiger partial charge in [-0.15, -0.1) is 0 Å². The van der Waals surface area contributed by atoms with Gasteiger partial charge in [-0.3, -0.25) is 9.52 Å². The van der Waals surface area contributed by atoms with E-state index in [0.29, 0.717) is 34.1 Å². The van der Waals surface area contributed by atoms with Crippen LogP contribution in [-0.2, 0) is 10.0 Å². The number of amides is 1. The number of aryl methyl sites for hydroxylation is 1. The van der Waals surface area contributed by atoms with Crippen molar-refractivity contribution in [3.05, 3.63) is 59.3 Å². The Morgan fingerprint density at radius 2 is 1.94 bits per heavy atom. The monoisotopic (exact) mass is 440 g/mol. The number of anilines is 1. The van der Waals surface area contributed by atoms with Crippen LogP contribution < -0.4 is 4.72 Å². The first-order valence-electron chi connectivity index (χ1n) is 9.75. The minimum atomic E-state index is -3.92. The SMILES string of the molecule is CC[C@@H](O)CN(C)C(=O)c1ccc(S(=O)(=O)Nc2ccc(C)c3c(C#N)c[nH]c23)cc1. The molecule has 1 atom stereocenters. The maximum Gasteiger partial charge on any atom is 0.261 e. The number of carbonyl (C=O) groups is 1. The van der Waals surface area contributed by atoms with E-state index >= 15 is 0 Å². The molecule has 0 saturated heterocycles. The predicted molar refractivity (Wildman–Crippen MR) is 118 cm³/mol. The quantitative estimate of drug-likeness (QED) is 0.521. The van der Waals surface area contributed by atoms with Crippen LogP contribution in [0.5, 0.6) is 0 Å². The molecule has 0 unspecified atom stereocenters. The summed E-state index contributed by atoms with van der Waals surface area (Å²) in [6.45, 7) is 3.87. The van der Waals surface area contributed by atoms with Crippen LogP contribution in [0.2, 0.25) is 0 Å². The molecule has 0 bridgehead atoms. The van der Waals surface area contributed by atoms with Gasteiger partial charge in [-0.2, -0.15) is 5.26 Å². The Morgan fingerprint density at radius 1 is 1.26 bits per heavy atom. The molecule has 3 aromatic rings. The number of fused-ring (bicyclic) bond motifs is 1. The molecular weight excluding hydrogens is 416 g/mol. The van der Waals surface area contributed by atoms with Crippen LogP contribution >= 0.6 is 0 Å². The predicted octanol–water partition coefficient (Wildman–Crippen LogP) is 2.99. The van der Waals surface area contributed by atoms with E-state index in [1.54, 1.807) is 25.4 Å². The summed E-state index contributed by atoms with van der Waals surface area (Å²) >= 11 is 0. The van der Waals surface area contributed by atoms with Crippen molar-refractivity contribution < 1.29 is 18.3 Å². The Bertz CT molecular complexity index is 1260. The minimum Gasteiger partial charge on any atom is -0.391 e. The van der Waals surface area contributed by atoms with E-state index in [1.807, 2.05) is 13.8 Å². The van der Waals surface area contributed by atoms with Gasteiger partial charge in [0.15, 0.2) is 0 Å². The van der Waals surface area contributed by atoms with Crippen LogP contribution in [0.15, 0.2) is 47.5 Å². The van der Waals surface area contributed by atoms with Crippen LogP contribution in [0.4, 0.5) is 5.69 Å². The number of aliphatic hydroxyl groups excluding tert-OH is 1. The van der Waals surface area contributed by atoms with Crippen molar-refractivity contribution in [3.8, 4) is 6.07 Å². The maximum atomic E-state index is 12.9. The van der Waals surface area contributed by atoms with Gasteiger partial charge in [-0.25, -0.2) is 8.42 Å². The normalized spacial score (nSPS) is 12.4.